The molecule has 1 aliphatic rings. The fourth-order valence-corrected chi connectivity index (χ4v) is 1.96. The summed E-state index contributed by atoms with van der Waals surface area (Å²) in [5.74, 6) is -3.21. The second-order valence-corrected chi connectivity index (χ2v) is 6.59. The number of nitrogens with zero attached hydrogens (tertiary/aromatic N) is 2. The van der Waals surface area contributed by atoms with Gasteiger partial charge in [0.2, 0.25) is 0 Å². The summed E-state index contributed by atoms with van der Waals surface area (Å²) >= 11 is 0. The van der Waals surface area contributed by atoms with Gasteiger partial charge in [-0.2, -0.15) is 5.11 Å². The lowest BCUT2D eigenvalue weighted by molar-refractivity contribution is -0.158. The number of hydrogen-bond donors (Lipinski definition) is 0. The van der Waals surface area contributed by atoms with Gasteiger partial charge in [-0.15, -0.1) is 5.11 Å². The van der Waals surface area contributed by atoms with Crippen LogP contribution in [-0.4, -0.2) is 56.8 Å². The Morgan fingerprint density at radius 2 is 1.62 bits per heavy atom. The van der Waals surface area contributed by atoms with E-state index in [1.807, 2.05) is 0 Å². The number of ether oxygens (including phenoxy) is 4. The van der Waals surface area contributed by atoms with Crippen LogP contribution in [0.15, 0.2) is 21.5 Å². The number of hydrogen-bond acceptors (Lipinski definition) is 10. The lowest BCUT2D eigenvalue weighted by atomic mass is 9.93. The molecule has 26 heavy (non-hydrogen) atoms. The van der Waals surface area contributed by atoms with E-state index in [-0.39, 0.29) is 17.9 Å². The number of rotatable bonds is 7. The van der Waals surface area contributed by atoms with Crippen LogP contribution in [0.3, 0.4) is 0 Å². The second-order valence-electron chi connectivity index (χ2n) is 6.59. The van der Waals surface area contributed by atoms with Gasteiger partial charge in [-0.05, 0) is 27.7 Å². The van der Waals surface area contributed by atoms with Crippen LogP contribution in [0.25, 0.3) is 0 Å². The summed E-state index contributed by atoms with van der Waals surface area (Å²) in [5.41, 5.74) is -2.70. The number of methoxy groups -OCH3 is 2. The van der Waals surface area contributed by atoms with Crippen LogP contribution in [0, 0.1) is 5.41 Å². The van der Waals surface area contributed by atoms with Crippen molar-refractivity contribution >= 4 is 23.9 Å². The summed E-state index contributed by atoms with van der Waals surface area (Å²) in [5, 5.41) is 7.53. The van der Waals surface area contributed by atoms with Crippen LogP contribution in [0.2, 0.25) is 0 Å². The zero-order chi connectivity index (χ0) is 20.1. The SMILES string of the molecule is COC(=O)COC(=O)C1=C(C(=O)OCC(C)(C)C(=O)OC)C(C)(C)N=N1. The maximum atomic E-state index is 12.5. The zero-order valence-corrected chi connectivity index (χ0v) is 15.6. The van der Waals surface area contributed by atoms with Gasteiger partial charge in [-0.3, -0.25) is 4.79 Å². The average molecular weight is 370 g/mol. The van der Waals surface area contributed by atoms with Crippen molar-refractivity contribution in [2.45, 2.75) is 33.2 Å². The van der Waals surface area contributed by atoms with Crippen LogP contribution in [0.5, 0.6) is 0 Å². The summed E-state index contributed by atoms with van der Waals surface area (Å²) in [7, 11) is 2.36. The van der Waals surface area contributed by atoms with Gasteiger partial charge >= 0.3 is 23.9 Å². The highest BCUT2D eigenvalue weighted by Crippen LogP contribution is 2.33. The van der Waals surface area contributed by atoms with E-state index in [9.17, 15) is 19.2 Å². The van der Waals surface area contributed by atoms with Gasteiger partial charge in [0.25, 0.3) is 0 Å². The second kappa shape index (κ2) is 8.07. The summed E-state index contributed by atoms with van der Waals surface area (Å²) in [6.07, 6.45) is 0. The topological polar surface area (TPSA) is 130 Å². The molecule has 0 aromatic rings. The maximum Gasteiger partial charge on any atom is 0.360 e. The first-order valence-corrected chi connectivity index (χ1v) is 7.63. The molecule has 0 unspecified atom stereocenters. The molecule has 10 nitrogen and oxygen atoms in total. The third-order valence-electron chi connectivity index (χ3n) is 3.50. The van der Waals surface area contributed by atoms with Crippen molar-refractivity contribution in [3.8, 4) is 0 Å². The highest BCUT2D eigenvalue weighted by Gasteiger charge is 2.42. The van der Waals surface area contributed by atoms with Crippen molar-refractivity contribution < 1.29 is 38.1 Å². The third kappa shape index (κ3) is 4.87. The molecular weight excluding hydrogens is 348 g/mol. The molecule has 0 aromatic carbocycles. The molecule has 0 saturated carbocycles. The molecular formula is C16H22N2O8. The Labute approximate surface area is 150 Å². The predicted octanol–water partition coefficient (Wildman–Crippen LogP) is 0.943. The summed E-state index contributed by atoms with van der Waals surface area (Å²) in [4.78, 5) is 47.3. The minimum absolute atomic E-state index is 0.131. The number of carbonyl (C=O) groups excluding carboxylic acids is 4. The van der Waals surface area contributed by atoms with Gasteiger partial charge in [0.05, 0.1) is 19.6 Å². The first-order valence-electron chi connectivity index (χ1n) is 7.63. The third-order valence-corrected chi connectivity index (χ3v) is 3.50. The molecule has 0 atom stereocenters. The maximum absolute atomic E-state index is 12.5. The first-order chi connectivity index (χ1) is 12.0. The zero-order valence-electron chi connectivity index (χ0n) is 15.6. The van der Waals surface area contributed by atoms with E-state index >= 15 is 0 Å². The Hall–Kier alpha value is -2.78. The highest BCUT2D eigenvalue weighted by atomic mass is 16.6. The van der Waals surface area contributed by atoms with E-state index in [1.165, 1.54) is 7.11 Å². The number of carbonyl (C=O) groups is 4. The van der Waals surface area contributed by atoms with E-state index in [2.05, 4.69) is 19.7 Å². The summed E-state index contributed by atoms with van der Waals surface area (Å²) < 4.78 is 18.9. The fraction of sp³-hybridized carbons (Fsp3) is 0.625. The minimum Gasteiger partial charge on any atom is -0.469 e. The predicted molar refractivity (Wildman–Crippen MR) is 85.7 cm³/mol. The van der Waals surface area contributed by atoms with E-state index < -0.39 is 41.4 Å². The van der Waals surface area contributed by atoms with Crippen molar-refractivity contribution in [2.24, 2.45) is 15.6 Å². The van der Waals surface area contributed by atoms with Gasteiger partial charge in [0.15, 0.2) is 12.3 Å². The van der Waals surface area contributed by atoms with Crippen molar-refractivity contribution in [1.29, 1.82) is 0 Å². The monoisotopic (exact) mass is 370 g/mol. The van der Waals surface area contributed by atoms with Crippen LogP contribution in [0.4, 0.5) is 0 Å². The van der Waals surface area contributed by atoms with Gasteiger partial charge < -0.3 is 18.9 Å². The van der Waals surface area contributed by atoms with E-state index in [0.717, 1.165) is 7.11 Å². The van der Waals surface area contributed by atoms with Crippen molar-refractivity contribution in [3.05, 3.63) is 11.3 Å². The molecule has 0 N–H and O–H groups in total. The van der Waals surface area contributed by atoms with Crippen molar-refractivity contribution in [2.75, 3.05) is 27.4 Å². The van der Waals surface area contributed by atoms with E-state index in [1.54, 1.807) is 27.7 Å². The van der Waals surface area contributed by atoms with Gasteiger partial charge in [-0.1, -0.05) is 0 Å². The first kappa shape index (κ1) is 21.3. The smallest absolute Gasteiger partial charge is 0.360 e. The molecule has 0 saturated heterocycles. The van der Waals surface area contributed by atoms with Crippen molar-refractivity contribution in [3.63, 3.8) is 0 Å². The van der Waals surface area contributed by atoms with Crippen LogP contribution in [-0.2, 0) is 38.1 Å². The number of azo groups is 1. The van der Waals surface area contributed by atoms with Crippen molar-refractivity contribution in [1.82, 2.24) is 0 Å². The van der Waals surface area contributed by atoms with Gasteiger partial charge in [0, 0.05) is 0 Å². The average Bonchev–Trinajstić information content (AvgIpc) is 2.91. The molecule has 0 bridgehead atoms. The van der Waals surface area contributed by atoms with E-state index in [0.29, 0.717) is 0 Å². The summed E-state index contributed by atoms with van der Waals surface area (Å²) in [6, 6.07) is 0. The molecule has 1 heterocycles. The Morgan fingerprint density at radius 3 is 2.15 bits per heavy atom. The van der Waals surface area contributed by atoms with Crippen LogP contribution in [0.1, 0.15) is 27.7 Å². The molecule has 0 fully saturated rings. The van der Waals surface area contributed by atoms with E-state index in [4.69, 9.17) is 9.47 Å². The fourth-order valence-electron chi connectivity index (χ4n) is 1.96. The Bertz CT molecular complexity index is 676. The van der Waals surface area contributed by atoms with Crippen LogP contribution < -0.4 is 0 Å². The standard InChI is InChI=1S/C16H22N2O8/c1-15(2,14(22)24-6)8-26-12(20)10-11(17-18-16(10,3)4)13(21)25-7-9(19)23-5/h7-8H2,1-6H3. The molecule has 0 amide bonds. The summed E-state index contributed by atoms with van der Waals surface area (Å²) in [6.45, 7) is 5.29. The Balaban J connectivity index is 2.96. The molecule has 0 aromatic heterocycles. The molecule has 0 radical (unpaired) electrons. The lowest BCUT2D eigenvalue weighted by Gasteiger charge is -2.23. The minimum atomic E-state index is -1.13. The number of esters is 4. The molecule has 10 heteroatoms. The molecule has 0 aliphatic carbocycles. The molecule has 0 spiro atoms. The normalized spacial score (nSPS) is 15.5. The molecule has 1 aliphatic heterocycles. The largest absolute Gasteiger partial charge is 0.469 e. The molecule has 1 rings (SSSR count). The quantitative estimate of drug-likeness (QED) is 0.478. The Kier molecular flexibility index (Phi) is 6.60. The Morgan fingerprint density at radius 1 is 1.00 bits per heavy atom. The van der Waals surface area contributed by atoms with Gasteiger partial charge in [0.1, 0.15) is 17.7 Å². The molecule has 144 valence electrons. The lowest BCUT2D eigenvalue weighted by Crippen LogP contribution is -2.34. The van der Waals surface area contributed by atoms with Crippen LogP contribution >= 0.6 is 0 Å². The highest BCUT2D eigenvalue weighted by molar-refractivity contribution is 6.02. The van der Waals surface area contributed by atoms with Gasteiger partial charge in [-0.25, -0.2) is 14.4 Å².